The average molecular weight is 588 g/mol. The van der Waals surface area contributed by atoms with E-state index in [4.69, 9.17) is 9.47 Å². The van der Waals surface area contributed by atoms with Crippen molar-refractivity contribution in [2.75, 3.05) is 6.61 Å². The Balaban J connectivity index is 1.75. The summed E-state index contributed by atoms with van der Waals surface area (Å²) in [6, 6.07) is 0.828. The van der Waals surface area contributed by atoms with E-state index >= 15 is 4.39 Å². The normalized spacial score (nSPS) is 20.9. The smallest absolute Gasteiger partial charge is 0.337 e. The summed E-state index contributed by atoms with van der Waals surface area (Å²) in [5, 5.41) is 10.4. The van der Waals surface area contributed by atoms with Crippen molar-refractivity contribution in [3.05, 3.63) is 50.8 Å². The minimum absolute atomic E-state index is 0.0232. The number of rotatable bonds is 5. The van der Waals surface area contributed by atoms with Gasteiger partial charge < -0.3 is 19.5 Å². The summed E-state index contributed by atoms with van der Waals surface area (Å²) in [7, 11) is 0. The van der Waals surface area contributed by atoms with Crippen molar-refractivity contribution in [1.82, 2.24) is 4.90 Å². The van der Waals surface area contributed by atoms with Gasteiger partial charge in [-0.25, -0.2) is 18.0 Å². The van der Waals surface area contributed by atoms with E-state index in [0.29, 0.717) is 59.3 Å². The van der Waals surface area contributed by atoms with Crippen LogP contribution in [0.5, 0.6) is 5.75 Å². The second-order valence-electron chi connectivity index (χ2n) is 13.0. The molecule has 1 N–H and O–H groups in total. The number of hydrogen-bond donors (Lipinski definition) is 1. The fraction of sp³-hybridized carbons (Fsp3) is 0.576. The van der Waals surface area contributed by atoms with Crippen molar-refractivity contribution in [2.45, 2.75) is 117 Å². The lowest BCUT2D eigenvalue weighted by Gasteiger charge is -2.41. The van der Waals surface area contributed by atoms with Crippen molar-refractivity contribution in [2.24, 2.45) is 0 Å². The molecule has 0 spiro atoms. The molecule has 2 aliphatic heterocycles. The van der Waals surface area contributed by atoms with Crippen LogP contribution in [0.2, 0.25) is 0 Å². The maximum absolute atomic E-state index is 15.6. The highest BCUT2D eigenvalue weighted by Crippen LogP contribution is 2.47. The number of halogens is 3. The van der Waals surface area contributed by atoms with Gasteiger partial charge in [-0.15, -0.1) is 0 Å². The van der Waals surface area contributed by atoms with Crippen LogP contribution in [0.4, 0.5) is 13.2 Å². The van der Waals surface area contributed by atoms with E-state index in [-0.39, 0.29) is 37.5 Å². The average Bonchev–Trinajstić information content (AvgIpc) is 2.90. The van der Waals surface area contributed by atoms with Crippen molar-refractivity contribution >= 4 is 11.9 Å². The van der Waals surface area contributed by atoms with Crippen LogP contribution in [0.15, 0.2) is 6.07 Å². The van der Waals surface area contributed by atoms with Gasteiger partial charge >= 0.3 is 5.97 Å². The second kappa shape index (κ2) is 10.9. The number of ether oxygens (including phenoxy) is 2. The lowest BCUT2D eigenvalue weighted by atomic mass is 9.78. The highest BCUT2D eigenvalue weighted by molar-refractivity contribution is 5.89. The number of carboxylic acid groups (broad SMARTS) is 1. The van der Waals surface area contributed by atoms with Crippen LogP contribution in [-0.4, -0.2) is 46.1 Å². The van der Waals surface area contributed by atoms with Crippen molar-refractivity contribution < 1.29 is 37.3 Å². The largest absolute Gasteiger partial charge is 0.490 e. The van der Waals surface area contributed by atoms with Gasteiger partial charge in [0.1, 0.15) is 0 Å². The van der Waals surface area contributed by atoms with Gasteiger partial charge in [0.05, 0.1) is 18.6 Å². The Hall–Kier alpha value is -3.07. The molecule has 0 aromatic heterocycles. The molecule has 0 radical (unpaired) electrons. The first kappa shape index (κ1) is 30.4. The van der Waals surface area contributed by atoms with E-state index in [1.54, 1.807) is 32.6 Å². The first-order valence-corrected chi connectivity index (χ1v) is 14.8. The number of carboxylic acids is 1. The molecule has 228 valence electrons. The lowest BCUT2D eigenvalue weighted by molar-refractivity contribution is -0.160. The zero-order valence-corrected chi connectivity index (χ0v) is 25.3. The van der Waals surface area contributed by atoms with E-state index < -0.39 is 35.5 Å². The van der Waals surface area contributed by atoms with Gasteiger partial charge in [0, 0.05) is 36.6 Å². The predicted octanol–water partition coefficient (Wildman–Crippen LogP) is 7.15. The van der Waals surface area contributed by atoms with Gasteiger partial charge in [0.25, 0.3) is 0 Å². The van der Waals surface area contributed by atoms with E-state index in [2.05, 4.69) is 0 Å². The molecule has 2 atom stereocenters. The summed E-state index contributed by atoms with van der Waals surface area (Å²) >= 11 is 0. The first-order chi connectivity index (χ1) is 19.6. The fourth-order valence-corrected chi connectivity index (χ4v) is 7.04. The maximum atomic E-state index is 15.6. The summed E-state index contributed by atoms with van der Waals surface area (Å²) in [4.78, 5) is 27.8. The quantitative estimate of drug-likeness (QED) is 0.402. The second-order valence-corrected chi connectivity index (χ2v) is 13.0. The third-order valence-electron chi connectivity index (χ3n) is 9.01. The van der Waals surface area contributed by atoms with Crippen LogP contribution >= 0.6 is 0 Å². The predicted molar refractivity (Wildman–Crippen MR) is 153 cm³/mol. The molecule has 0 saturated heterocycles. The van der Waals surface area contributed by atoms with E-state index in [1.807, 2.05) is 13.8 Å². The number of fused-ring (bicyclic) bond motifs is 2. The molecule has 9 heteroatoms. The lowest BCUT2D eigenvalue weighted by Crippen LogP contribution is -2.48. The summed E-state index contributed by atoms with van der Waals surface area (Å²) in [6.07, 6.45) is 0.265. The van der Waals surface area contributed by atoms with Gasteiger partial charge in [-0.2, -0.15) is 0 Å². The zero-order valence-electron chi connectivity index (χ0n) is 25.3. The van der Waals surface area contributed by atoms with Crippen molar-refractivity contribution in [3.8, 4) is 16.9 Å². The van der Waals surface area contributed by atoms with Crippen LogP contribution in [0, 0.1) is 26.6 Å². The SMILES string of the molecule is Cc1c(-c2c(C)c3c(c(C)c2C(OC(C)(C)C)C(=O)O)CC(=O)N(C2CCCC(F)(F)C2)C3)cc(F)c2c1CCCO2. The Morgan fingerprint density at radius 1 is 1.12 bits per heavy atom. The number of hydrogen-bond acceptors (Lipinski definition) is 4. The zero-order chi connectivity index (χ0) is 30.7. The van der Waals surface area contributed by atoms with Crippen LogP contribution in [0.25, 0.3) is 11.1 Å². The van der Waals surface area contributed by atoms with Gasteiger partial charge in [-0.1, -0.05) is 0 Å². The molecule has 0 bridgehead atoms. The molecule has 2 heterocycles. The number of carbonyl (C=O) groups is 2. The fourth-order valence-electron chi connectivity index (χ4n) is 7.04. The van der Waals surface area contributed by atoms with E-state index in [0.717, 1.165) is 23.1 Å². The molecule has 1 saturated carbocycles. The number of benzene rings is 2. The monoisotopic (exact) mass is 587 g/mol. The molecule has 1 fully saturated rings. The Morgan fingerprint density at radius 3 is 2.48 bits per heavy atom. The number of nitrogens with zero attached hydrogens (tertiary/aromatic N) is 1. The van der Waals surface area contributed by atoms with Crippen LogP contribution in [0.1, 0.15) is 97.9 Å². The minimum Gasteiger partial charge on any atom is -0.490 e. The third kappa shape index (κ3) is 5.52. The molecular weight excluding hydrogens is 547 g/mol. The molecule has 1 aliphatic carbocycles. The third-order valence-corrected chi connectivity index (χ3v) is 9.01. The van der Waals surface area contributed by atoms with Gasteiger partial charge in [-0.05, 0) is 112 Å². The number of alkyl halides is 2. The maximum Gasteiger partial charge on any atom is 0.337 e. The molecule has 42 heavy (non-hydrogen) atoms. The molecule has 2 unspecified atom stereocenters. The summed E-state index contributed by atoms with van der Waals surface area (Å²) in [5.41, 5.74) is 5.01. The summed E-state index contributed by atoms with van der Waals surface area (Å²) < 4.78 is 56.1. The van der Waals surface area contributed by atoms with Crippen LogP contribution in [-0.2, 0) is 33.7 Å². The Labute approximate surface area is 245 Å². The molecule has 3 aliphatic rings. The highest BCUT2D eigenvalue weighted by Gasteiger charge is 2.43. The van der Waals surface area contributed by atoms with Gasteiger partial charge in [0.15, 0.2) is 17.7 Å². The van der Waals surface area contributed by atoms with Crippen LogP contribution < -0.4 is 4.74 Å². The van der Waals surface area contributed by atoms with Crippen molar-refractivity contribution in [1.29, 1.82) is 0 Å². The summed E-state index contributed by atoms with van der Waals surface area (Å²) in [6.45, 7) is 11.4. The molecule has 5 rings (SSSR count). The standard InChI is InChI=1S/C33H40F3NO5/c1-17-21-10-8-12-41-29(21)25(34)13-23(17)27-19(3)24-16-37(20-9-7-11-33(35,36)15-20)26(38)14-22(24)18(2)28(27)30(31(39)40)42-32(4,5)6/h13,20,30H,7-12,14-16H2,1-6H3,(H,39,40). The van der Waals surface area contributed by atoms with E-state index in [9.17, 15) is 23.5 Å². The Bertz CT molecular complexity index is 1440. The molecular formula is C33H40F3NO5. The highest BCUT2D eigenvalue weighted by atomic mass is 19.3. The van der Waals surface area contributed by atoms with Crippen LogP contribution in [0.3, 0.4) is 0 Å². The van der Waals surface area contributed by atoms with E-state index in [1.165, 1.54) is 6.07 Å². The summed E-state index contributed by atoms with van der Waals surface area (Å²) in [5.74, 6) is -4.55. The molecule has 1 amide bonds. The van der Waals surface area contributed by atoms with Gasteiger partial charge in [0.2, 0.25) is 11.8 Å². The van der Waals surface area contributed by atoms with Gasteiger partial charge in [-0.3, -0.25) is 4.79 Å². The number of carbonyl (C=O) groups excluding carboxylic acids is 1. The first-order valence-electron chi connectivity index (χ1n) is 14.8. The molecule has 2 aromatic rings. The molecule has 2 aromatic carbocycles. The van der Waals surface area contributed by atoms with Crippen molar-refractivity contribution in [3.63, 3.8) is 0 Å². The topological polar surface area (TPSA) is 76.1 Å². The Kier molecular flexibility index (Phi) is 7.88. The Morgan fingerprint density at radius 2 is 1.83 bits per heavy atom. The molecule has 6 nitrogen and oxygen atoms in total. The number of amides is 1. The number of aliphatic carboxylic acids is 1. The minimum atomic E-state index is -2.82.